The molecule has 1 heterocycles. The number of aromatic nitrogens is 1. The highest BCUT2D eigenvalue weighted by Gasteiger charge is 2.26. The van der Waals surface area contributed by atoms with E-state index in [1.165, 1.54) is 19.0 Å². The average molecular weight is 267 g/mol. The Labute approximate surface area is 111 Å². The average Bonchev–Trinajstić information content (AvgIpc) is 2.76. The molecule has 1 aromatic heterocycles. The molecule has 0 spiro atoms. The number of nitrogens with zero attached hydrogens (tertiary/aromatic N) is 2. The maximum Gasteiger partial charge on any atom is 0.290 e. The highest BCUT2D eigenvalue weighted by atomic mass is 32.2. The van der Waals surface area contributed by atoms with Crippen LogP contribution in [0.1, 0.15) is 24.8 Å². The fourth-order valence-electron chi connectivity index (χ4n) is 2.38. The molecular formula is C12H17N3O2S. The summed E-state index contributed by atoms with van der Waals surface area (Å²) in [6.45, 7) is 1.74. The maximum atomic E-state index is 10.7. The SMILES string of the molecule is CSC1CCCC1Nc1cc(C)c([N+](=O)[O-])cn1. The van der Waals surface area contributed by atoms with Crippen molar-refractivity contribution in [1.29, 1.82) is 0 Å². The van der Waals surface area contributed by atoms with Gasteiger partial charge in [-0.25, -0.2) is 4.98 Å². The number of nitrogens with one attached hydrogen (secondary N) is 1. The molecule has 2 atom stereocenters. The third kappa shape index (κ3) is 2.75. The second-order valence-electron chi connectivity index (χ2n) is 4.57. The molecule has 1 aliphatic rings. The monoisotopic (exact) mass is 267 g/mol. The summed E-state index contributed by atoms with van der Waals surface area (Å²) in [5.74, 6) is 0.740. The highest BCUT2D eigenvalue weighted by molar-refractivity contribution is 7.99. The van der Waals surface area contributed by atoms with Crippen molar-refractivity contribution in [2.75, 3.05) is 11.6 Å². The molecule has 0 bridgehead atoms. The minimum Gasteiger partial charge on any atom is -0.366 e. The van der Waals surface area contributed by atoms with Crippen LogP contribution in [-0.4, -0.2) is 27.5 Å². The molecule has 0 radical (unpaired) electrons. The summed E-state index contributed by atoms with van der Waals surface area (Å²) in [5.41, 5.74) is 0.726. The number of hydrogen-bond acceptors (Lipinski definition) is 5. The lowest BCUT2D eigenvalue weighted by atomic mass is 10.2. The summed E-state index contributed by atoms with van der Waals surface area (Å²) in [6.07, 6.45) is 7.06. The van der Waals surface area contributed by atoms with Crippen molar-refractivity contribution in [1.82, 2.24) is 4.98 Å². The Bertz CT molecular complexity index is 453. The summed E-state index contributed by atoms with van der Waals surface area (Å²) in [7, 11) is 0. The van der Waals surface area contributed by atoms with E-state index < -0.39 is 4.92 Å². The molecular weight excluding hydrogens is 250 g/mol. The summed E-state index contributed by atoms with van der Waals surface area (Å²) >= 11 is 1.87. The molecule has 0 aromatic carbocycles. The Morgan fingerprint density at radius 3 is 2.94 bits per heavy atom. The number of aryl methyl sites for hydroxylation is 1. The van der Waals surface area contributed by atoms with Gasteiger partial charge in [0.25, 0.3) is 5.69 Å². The third-order valence-corrected chi connectivity index (χ3v) is 4.54. The second kappa shape index (κ2) is 5.56. The van der Waals surface area contributed by atoms with Gasteiger partial charge >= 0.3 is 0 Å². The maximum absolute atomic E-state index is 10.7. The zero-order chi connectivity index (χ0) is 13.1. The van der Waals surface area contributed by atoms with Gasteiger partial charge in [-0.05, 0) is 32.1 Å². The van der Waals surface area contributed by atoms with Crippen LogP contribution in [-0.2, 0) is 0 Å². The van der Waals surface area contributed by atoms with Crippen LogP contribution in [0, 0.1) is 17.0 Å². The van der Waals surface area contributed by atoms with Crippen molar-refractivity contribution >= 4 is 23.3 Å². The van der Waals surface area contributed by atoms with E-state index in [9.17, 15) is 10.1 Å². The Morgan fingerprint density at radius 2 is 2.33 bits per heavy atom. The first-order valence-electron chi connectivity index (χ1n) is 6.02. The summed E-state index contributed by atoms with van der Waals surface area (Å²) in [6, 6.07) is 2.18. The van der Waals surface area contributed by atoms with Crippen molar-refractivity contribution in [2.24, 2.45) is 0 Å². The topological polar surface area (TPSA) is 68.1 Å². The quantitative estimate of drug-likeness (QED) is 0.671. The number of thioether (sulfide) groups is 1. The lowest BCUT2D eigenvalue weighted by Gasteiger charge is -2.19. The third-order valence-electron chi connectivity index (χ3n) is 3.37. The molecule has 98 valence electrons. The molecule has 1 aromatic rings. The first kappa shape index (κ1) is 13.1. The van der Waals surface area contributed by atoms with Gasteiger partial charge in [0.1, 0.15) is 12.0 Å². The van der Waals surface area contributed by atoms with Crippen molar-refractivity contribution in [2.45, 2.75) is 37.5 Å². The largest absolute Gasteiger partial charge is 0.366 e. The van der Waals surface area contributed by atoms with Crippen LogP contribution in [0.4, 0.5) is 11.5 Å². The number of pyridine rings is 1. The number of rotatable bonds is 4. The van der Waals surface area contributed by atoms with Crippen molar-refractivity contribution in [3.05, 3.63) is 27.9 Å². The number of hydrogen-bond donors (Lipinski definition) is 1. The molecule has 0 aliphatic heterocycles. The van der Waals surface area contributed by atoms with E-state index >= 15 is 0 Å². The predicted octanol–water partition coefficient (Wildman–Crippen LogP) is 2.99. The minimum atomic E-state index is -0.396. The van der Waals surface area contributed by atoms with Crippen LogP contribution >= 0.6 is 11.8 Å². The van der Waals surface area contributed by atoms with Crippen molar-refractivity contribution in [3.8, 4) is 0 Å². The van der Waals surface area contributed by atoms with E-state index in [1.54, 1.807) is 13.0 Å². The zero-order valence-electron chi connectivity index (χ0n) is 10.5. The number of nitro groups is 1. The highest BCUT2D eigenvalue weighted by Crippen LogP contribution is 2.31. The van der Waals surface area contributed by atoms with E-state index in [0.717, 1.165) is 12.2 Å². The van der Waals surface area contributed by atoms with Gasteiger partial charge in [0, 0.05) is 16.9 Å². The van der Waals surface area contributed by atoms with E-state index in [4.69, 9.17) is 0 Å². The molecule has 2 rings (SSSR count). The lowest BCUT2D eigenvalue weighted by Crippen LogP contribution is -2.26. The van der Waals surface area contributed by atoms with Gasteiger partial charge in [0.05, 0.1) is 4.92 Å². The predicted molar refractivity (Wildman–Crippen MR) is 74.2 cm³/mol. The molecule has 1 saturated carbocycles. The lowest BCUT2D eigenvalue weighted by molar-refractivity contribution is -0.385. The molecule has 1 N–H and O–H groups in total. The minimum absolute atomic E-state index is 0.0772. The van der Waals surface area contributed by atoms with Crippen LogP contribution in [0.15, 0.2) is 12.3 Å². The van der Waals surface area contributed by atoms with Gasteiger partial charge in [-0.1, -0.05) is 6.42 Å². The normalized spacial score (nSPS) is 23.0. The Morgan fingerprint density at radius 1 is 1.56 bits per heavy atom. The summed E-state index contributed by atoms with van der Waals surface area (Å²) < 4.78 is 0. The van der Waals surface area contributed by atoms with Gasteiger partial charge in [-0.3, -0.25) is 10.1 Å². The molecule has 1 aliphatic carbocycles. The Hall–Kier alpha value is -1.30. The van der Waals surface area contributed by atoms with Gasteiger partial charge in [0.2, 0.25) is 0 Å². The van der Waals surface area contributed by atoms with Crippen LogP contribution in [0.2, 0.25) is 0 Å². The summed E-state index contributed by atoms with van der Waals surface area (Å²) in [5, 5.41) is 14.7. The molecule has 5 nitrogen and oxygen atoms in total. The Kier molecular flexibility index (Phi) is 4.06. The van der Waals surface area contributed by atoms with E-state index in [2.05, 4.69) is 16.6 Å². The second-order valence-corrected chi connectivity index (χ2v) is 5.65. The molecule has 2 unspecified atom stereocenters. The molecule has 6 heteroatoms. The molecule has 0 saturated heterocycles. The molecule has 18 heavy (non-hydrogen) atoms. The molecule has 1 fully saturated rings. The number of anilines is 1. The fourth-order valence-corrected chi connectivity index (χ4v) is 3.32. The first-order valence-corrected chi connectivity index (χ1v) is 7.31. The van der Waals surface area contributed by atoms with E-state index in [1.807, 2.05) is 11.8 Å². The first-order chi connectivity index (χ1) is 8.61. The standard InChI is InChI=1S/C12H17N3O2S/c1-8-6-12(13-7-10(8)15(16)17)14-9-4-3-5-11(9)18-2/h6-7,9,11H,3-5H2,1-2H3,(H,13,14). The van der Waals surface area contributed by atoms with Gasteiger partial charge in [-0.15, -0.1) is 0 Å². The van der Waals surface area contributed by atoms with Gasteiger partial charge < -0.3 is 5.32 Å². The van der Waals surface area contributed by atoms with E-state index in [-0.39, 0.29) is 5.69 Å². The smallest absolute Gasteiger partial charge is 0.290 e. The van der Waals surface area contributed by atoms with Crippen LogP contribution in [0.3, 0.4) is 0 Å². The van der Waals surface area contributed by atoms with Crippen LogP contribution in [0.5, 0.6) is 0 Å². The van der Waals surface area contributed by atoms with Crippen molar-refractivity contribution < 1.29 is 4.92 Å². The van der Waals surface area contributed by atoms with E-state index in [0.29, 0.717) is 16.9 Å². The zero-order valence-corrected chi connectivity index (χ0v) is 11.4. The summed E-state index contributed by atoms with van der Waals surface area (Å²) in [4.78, 5) is 14.5. The molecule has 0 amide bonds. The Balaban J connectivity index is 2.10. The van der Waals surface area contributed by atoms with Gasteiger partial charge in [-0.2, -0.15) is 11.8 Å². The van der Waals surface area contributed by atoms with Crippen molar-refractivity contribution in [3.63, 3.8) is 0 Å². The fraction of sp³-hybridized carbons (Fsp3) is 0.583. The van der Waals surface area contributed by atoms with Crippen LogP contribution < -0.4 is 5.32 Å². The van der Waals surface area contributed by atoms with Gasteiger partial charge in [0.15, 0.2) is 0 Å². The van der Waals surface area contributed by atoms with Crippen LogP contribution in [0.25, 0.3) is 0 Å².